The molecule has 4 aliphatic heterocycles. The van der Waals surface area contributed by atoms with Crippen molar-refractivity contribution in [3.8, 4) is 0 Å². The van der Waals surface area contributed by atoms with Gasteiger partial charge < -0.3 is 4.57 Å². The highest BCUT2D eigenvalue weighted by Gasteiger charge is 2.70. The molecule has 14 atom stereocenters. The van der Waals surface area contributed by atoms with Gasteiger partial charge >= 0.3 is 0 Å². The van der Waals surface area contributed by atoms with E-state index < -0.39 is 0 Å². The monoisotopic (exact) mass is 614 g/mol. The Morgan fingerprint density at radius 3 is 1.72 bits per heavy atom. The van der Waals surface area contributed by atoms with Gasteiger partial charge in [-0.05, 0) is 112 Å². The molecule has 9 aliphatic rings. The van der Waals surface area contributed by atoms with Gasteiger partial charge in [-0.2, -0.15) is 0 Å². The zero-order chi connectivity index (χ0) is 29.7. The van der Waals surface area contributed by atoms with Gasteiger partial charge in [-0.25, -0.2) is 10.0 Å². The highest BCUT2D eigenvalue weighted by molar-refractivity contribution is 6.08. The van der Waals surface area contributed by atoms with Gasteiger partial charge in [-0.3, -0.25) is 4.90 Å². The Morgan fingerprint density at radius 2 is 0.957 bits per heavy atom. The summed E-state index contributed by atoms with van der Waals surface area (Å²) in [7, 11) is 0. The number of aromatic nitrogens is 1. The molecule has 5 heterocycles. The Kier molecular flexibility index (Phi) is 5.78. The van der Waals surface area contributed by atoms with Crippen LogP contribution in [0.1, 0.15) is 109 Å². The first-order valence-corrected chi connectivity index (χ1v) is 20.2. The number of para-hydroxylation sites is 2. The van der Waals surface area contributed by atoms with Crippen molar-refractivity contribution in [2.24, 2.45) is 35.5 Å². The molecule has 14 unspecified atom stereocenters. The lowest BCUT2D eigenvalue weighted by Gasteiger charge is -2.69. The van der Waals surface area contributed by atoms with Crippen molar-refractivity contribution in [2.75, 3.05) is 0 Å². The van der Waals surface area contributed by atoms with Crippen LogP contribution in [0.2, 0.25) is 0 Å². The fraction of sp³-hybridized carbons (Fsp3) is 0.714. The number of hydrazine groups is 1. The van der Waals surface area contributed by atoms with E-state index >= 15 is 0 Å². The highest BCUT2D eigenvalue weighted by Crippen LogP contribution is 2.64. The van der Waals surface area contributed by atoms with Crippen molar-refractivity contribution < 1.29 is 0 Å². The van der Waals surface area contributed by atoms with Gasteiger partial charge in [-0.1, -0.05) is 74.9 Å². The maximum absolute atomic E-state index is 3.36. The SMILES string of the molecule is c1ccc2c(c1)c1ccccc1n2C1CC2C3CCCC4C5CCCCC5N(C43)N3C4CCCC5C6CCCCC6N(C(C1)C23)C54. The lowest BCUT2D eigenvalue weighted by atomic mass is 9.60. The van der Waals surface area contributed by atoms with Crippen molar-refractivity contribution in [1.29, 1.82) is 0 Å². The van der Waals surface area contributed by atoms with Crippen molar-refractivity contribution >= 4 is 21.8 Å². The second kappa shape index (κ2) is 9.85. The highest BCUT2D eigenvalue weighted by atomic mass is 15.7. The Labute approximate surface area is 275 Å². The van der Waals surface area contributed by atoms with Gasteiger partial charge in [0.15, 0.2) is 0 Å². The van der Waals surface area contributed by atoms with Crippen LogP contribution in [-0.2, 0) is 0 Å². The molecule has 242 valence electrons. The zero-order valence-corrected chi connectivity index (χ0v) is 27.8. The molecule has 3 aromatic rings. The van der Waals surface area contributed by atoms with Crippen LogP contribution >= 0.6 is 0 Å². The Bertz CT molecular complexity index is 1620. The van der Waals surface area contributed by atoms with Gasteiger partial charge in [-0.15, -0.1) is 0 Å². The third-order valence-corrected chi connectivity index (χ3v) is 16.6. The van der Waals surface area contributed by atoms with Gasteiger partial charge in [0, 0.05) is 70.1 Å². The van der Waals surface area contributed by atoms with E-state index in [0.29, 0.717) is 6.04 Å². The average molecular weight is 615 g/mol. The minimum Gasteiger partial charge on any atom is -0.337 e. The summed E-state index contributed by atoms with van der Waals surface area (Å²) < 4.78 is 2.89. The molecule has 4 heteroatoms. The number of nitrogens with zero attached hydrogens (tertiary/aromatic N) is 4. The van der Waals surface area contributed by atoms with Gasteiger partial charge in [0.1, 0.15) is 0 Å². The van der Waals surface area contributed by atoms with Crippen molar-refractivity contribution in [3.05, 3.63) is 48.5 Å². The van der Waals surface area contributed by atoms with Gasteiger partial charge in [0.2, 0.25) is 0 Å². The predicted molar refractivity (Wildman–Crippen MR) is 185 cm³/mol. The quantitative estimate of drug-likeness (QED) is 0.272. The maximum atomic E-state index is 3.36. The lowest BCUT2D eigenvalue weighted by Crippen LogP contribution is -2.80. The normalized spacial score (nSPS) is 48.1. The molecule has 1 aromatic heterocycles. The van der Waals surface area contributed by atoms with E-state index in [9.17, 15) is 0 Å². The second-order valence-electron chi connectivity index (χ2n) is 17.9. The van der Waals surface area contributed by atoms with E-state index in [1.165, 1.54) is 125 Å². The minimum atomic E-state index is 0.606. The Balaban J connectivity index is 1.06. The van der Waals surface area contributed by atoms with Crippen molar-refractivity contribution in [2.45, 2.75) is 151 Å². The summed E-state index contributed by atoms with van der Waals surface area (Å²) in [5.41, 5.74) is 2.99. The summed E-state index contributed by atoms with van der Waals surface area (Å²) >= 11 is 0. The van der Waals surface area contributed by atoms with E-state index in [1.54, 1.807) is 0 Å². The average Bonchev–Trinajstić information content (AvgIpc) is 3.76. The molecule has 5 aliphatic carbocycles. The molecule has 5 saturated carbocycles. The summed E-state index contributed by atoms with van der Waals surface area (Å²) in [6.45, 7) is 0. The van der Waals surface area contributed by atoms with Crippen LogP contribution in [0.5, 0.6) is 0 Å². The lowest BCUT2D eigenvalue weighted by molar-refractivity contribution is -0.273. The van der Waals surface area contributed by atoms with Crippen LogP contribution in [0.3, 0.4) is 0 Å². The second-order valence-corrected chi connectivity index (χ2v) is 17.9. The smallest absolute Gasteiger partial charge is 0.0493 e. The Hall–Kier alpha value is -1.88. The number of benzene rings is 2. The Morgan fingerprint density at radius 1 is 0.413 bits per heavy atom. The number of piperazine rings is 1. The van der Waals surface area contributed by atoms with Crippen molar-refractivity contribution in [1.82, 2.24) is 19.5 Å². The third-order valence-electron chi connectivity index (χ3n) is 16.6. The first-order valence-electron chi connectivity index (χ1n) is 20.2. The van der Waals surface area contributed by atoms with Gasteiger partial charge in [0.05, 0.1) is 0 Å². The van der Waals surface area contributed by atoms with Gasteiger partial charge in [0.25, 0.3) is 0 Å². The predicted octanol–water partition coefficient (Wildman–Crippen LogP) is 8.80. The molecule has 2 aromatic carbocycles. The first-order chi connectivity index (χ1) is 22.9. The summed E-state index contributed by atoms with van der Waals surface area (Å²) in [4.78, 5) is 3.36. The number of fused-ring (bicyclic) bond motifs is 13. The summed E-state index contributed by atoms with van der Waals surface area (Å²) in [5.74, 6) is 5.65. The molecule has 46 heavy (non-hydrogen) atoms. The van der Waals surface area contributed by atoms with Crippen molar-refractivity contribution in [3.63, 3.8) is 0 Å². The molecule has 12 rings (SSSR count). The topological polar surface area (TPSA) is 14.7 Å². The van der Waals surface area contributed by atoms with E-state index in [0.717, 1.165) is 77.8 Å². The van der Waals surface area contributed by atoms with Crippen LogP contribution in [0, 0.1) is 35.5 Å². The largest absolute Gasteiger partial charge is 0.337 e. The zero-order valence-electron chi connectivity index (χ0n) is 27.8. The summed E-state index contributed by atoms with van der Waals surface area (Å²) in [5, 5.41) is 9.56. The molecule has 0 spiro atoms. The van der Waals surface area contributed by atoms with Crippen LogP contribution in [0.4, 0.5) is 0 Å². The van der Waals surface area contributed by atoms with E-state index in [1.807, 2.05) is 0 Å². The standard InChI is InChI=1S/C42H54N4/c1-5-18-34-26(11-1)27-12-2-6-19-35(27)43(34)25-23-33-32-16-9-15-30-29-14-4-8-21-37(29)45(40(30)32)46-38-22-10-17-31-28-13-3-7-20-36(28)44(41(31)38)39(24-25)42(33)46/h1-2,5-6,11-12,18-19,25,28-33,36-42H,3-4,7-10,13-17,20-24H2. The van der Waals surface area contributed by atoms with E-state index in [2.05, 4.69) is 68.0 Å². The van der Waals surface area contributed by atoms with Crippen LogP contribution in [0.25, 0.3) is 21.8 Å². The molecule has 4 nitrogen and oxygen atoms in total. The fourth-order valence-corrected chi connectivity index (χ4v) is 15.6. The number of hydrogen-bond donors (Lipinski definition) is 0. The van der Waals surface area contributed by atoms with E-state index in [4.69, 9.17) is 0 Å². The first kappa shape index (κ1) is 27.0. The molecule has 0 N–H and O–H groups in total. The molecular formula is C42H54N4. The summed E-state index contributed by atoms with van der Waals surface area (Å²) in [6, 6.07) is 25.1. The number of rotatable bonds is 1. The van der Waals surface area contributed by atoms with Crippen LogP contribution < -0.4 is 0 Å². The third kappa shape index (κ3) is 3.34. The number of hydrogen-bond acceptors (Lipinski definition) is 3. The molecule has 0 radical (unpaired) electrons. The molecule has 0 amide bonds. The minimum absolute atomic E-state index is 0.606. The van der Waals surface area contributed by atoms with Crippen LogP contribution in [0.15, 0.2) is 48.5 Å². The molecule has 4 saturated heterocycles. The van der Waals surface area contributed by atoms with E-state index in [-0.39, 0.29) is 0 Å². The molecule has 9 fully saturated rings. The van der Waals surface area contributed by atoms with Crippen LogP contribution in [-0.4, -0.2) is 61.8 Å². The maximum Gasteiger partial charge on any atom is 0.0493 e. The fourth-order valence-electron chi connectivity index (χ4n) is 15.6. The molecule has 0 bridgehead atoms. The molecular weight excluding hydrogens is 560 g/mol. The summed E-state index contributed by atoms with van der Waals surface area (Å²) in [6.07, 6.45) is 23.8.